The van der Waals surface area contributed by atoms with Crippen LogP contribution in [-0.4, -0.2) is 44.9 Å². The van der Waals surface area contributed by atoms with E-state index in [0.717, 1.165) is 12.8 Å². The molecule has 134 valence electrons. The molecule has 1 aliphatic carbocycles. The van der Waals surface area contributed by atoms with Gasteiger partial charge in [0.25, 0.3) is 0 Å². The summed E-state index contributed by atoms with van der Waals surface area (Å²) >= 11 is 0. The standard InChI is InChI=1S/C16H22N2O4S.ClH/c1-10-7-12(4-5-13(10)16(19)22-2)23(20,21)18-8-11-3-6-15(17)14(11)9-18;/h4-5,7,11,14-15H,3,6,8-9,17H2,1-2H3;1H. The van der Waals surface area contributed by atoms with Crippen molar-refractivity contribution < 1.29 is 17.9 Å². The van der Waals surface area contributed by atoms with Crippen LogP contribution in [0.25, 0.3) is 0 Å². The first-order valence-corrected chi connectivity index (χ1v) is 9.23. The zero-order valence-corrected chi connectivity index (χ0v) is 15.4. The van der Waals surface area contributed by atoms with E-state index >= 15 is 0 Å². The number of sulfonamides is 1. The van der Waals surface area contributed by atoms with E-state index < -0.39 is 16.0 Å². The molecule has 1 saturated heterocycles. The molecule has 2 fully saturated rings. The lowest BCUT2D eigenvalue weighted by atomic mass is 9.98. The summed E-state index contributed by atoms with van der Waals surface area (Å²) in [7, 11) is -2.25. The molecule has 1 aromatic carbocycles. The zero-order valence-electron chi connectivity index (χ0n) is 13.8. The largest absolute Gasteiger partial charge is 0.465 e. The van der Waals surface area contributed by atoms with Crippen LogP contribution in [0.15, 0.2) is 23.1 Å². The Labute approximate surface area is 148 Å². The second-order valence-electron chi connectivity index (χ2n) is 6.46. The molecule has 1 aliphatic heterocycles. The first-order valence-electron chi connectivity index (χ1n) is 7.79. The summed E-state index contributed by atoms with van der Waals surface area (Å²) in [6.07, 6.45) is 1.98. The predicted molar refractivity (Wildman–Crippen MR) is 92.7 cm³/mol. The minimum absolute atomic E-state index is 0. The Morgan fingerprint density at radius 3 is 2.58 bits per heavy atom. The minimum atomic E-state index is -3.55. The molecule has 0 radical (unpaired) electrons. The second-order valence-corrected chi connectivity index (χ2v) is 8.39. The first kappa shape index (κ1) is 19.2. The molecule has 3 unspecified atom stereocenters. The van der Waals surface area contributed by atoms with Crippen molar-refractivity contribution >= 4 is 28.4 Å². The Morgan fingerprint density at radius 1 is 1.29 bits per heavy atom. The van der Waals surface area contributed by atoms with Crippen LogP contribution in [0.4, 0.5) is 0 Å². The Hall–Kier alpha value is -1.15. The van der Waals surface area contributed by atoms with Gasteiger partial charge in [-0.25, -0.2) is 13.2 Å². The summed E-state index contributed by atoms with van der Waals surface area (Å²) in [5.41, 5.74) is 7.06. The summed E-state index contributed by atoms with van der Waals surface area (Å²) in [6, 6.07) is 4.62. The van der Waals surface area contributed by atoms with Crippen molar-refractivity contribution in [2.75, 3.05) is 20.2 Å². The average molecular weight is 375 g/mol. The van der Waals surface area contributed by atoms with Gasteiger partial charge in [-0.15, -0.1) is 12.4 Å². The molecule has 8 heteroatoms. The monoisotopic (exact) mass is 374 g/mol. The first-order chi connectivity index (χ1) is 10.8. The fourth-order valence-electron chi connectivity index (χ4n) is 3.75. The van der Waals surface area contributed by atoms with Crippen molar-refractivity contribution in [3.05, 3.63) is 29.3 Å². The summed E-state index contributed by atoms with van der Waals surface area (Å²) in [5.74, 6) is 0.170. The molecule has 2 aliphatic rings. The smallest absolute Gasteiger partial charge is 0.338 e. The number of nitrogens with zero attached hydrogens (tertiary/aromatic N) is 1. The van der Waals surface area contributed by atoms with Gasteiger partial charge < -0.3 is 10.5 Å². The van der Waals surface area contributed by atoms with E-state index in [1.807, 2.05) is 0 Å². The van der Waals surface area contributed by atoms with Crippen molar-refractivity contribution in [3.63, 3.8) is 0 Å². The van der Waals surface area contributed by atoms with Gasteiger partial charge in [0, 0.05) is 19.1 Å². The average Bonchev–Trinajstić information content (AvgIpc) is 3.09. The fraction of sp³-hybridized carbons (Fsp3) is 0.562. The highest BCUT2D eigenvalue weighted by Crippen LogP contribution is 2.39. The summed E-state index contributed by atoms with van der Waals surface area (Å²) in [6.45, 7) is 2.74. The molecule has 3 atom stereocenters. The lowest BCUT2D eigenvalue weighted by Gasteiger charge is -2.19. The maximum Gasteiger partial charge on any atom is 0.338 e. The molecule has 0 spiro atoms. The molecule has 0 aromatic heterocycles. The van der Waals surface area contributed by atoms with Gasteiger partial charge in [0.1, 0.15) is 0 Å². The molecule has 6 nitrogen and oxygen atoms in total. The van der Waals surface area contributed by atoms with Gasteiger partial charge in [-0.1, -0.05) is 0 Å². The number of carbonyl (C=O) groups is 1. The van der Waals surface area contributed by atoms with E-state index in [1.54, 1.807) is 6.92 Å². The van der Waals surface area contributed by atoms with Crippen LogP contribution in [0.1, 0.15) is 28.8 Å². The number of halogens is 1. The van der Waals surface area contributed by atoms with Crippen LogP contribution >= 0.6 is 12.4 Å². The van der Waals surface area contributed by atoms with Crippen molar-refractivity contribution in [1.29, 1.82) is 0 Å². The summed E-state index contributed by atoms with van der Waals surface area (Å²) < 4.78 is 31.9. The Bertz CT molecular complexity index is 738. The van der Waals surface area contributed by atoms with Crippen LogP contribution in [0.3, 0.4) is 0 Å². The highest BCUT2D eigenvalue weighted by Gasteiger charge is 2.45. The van der Waals surface area contributed by atoms with Crippen LogP contribution in [0.2, 0.25) is 0 Å². The van der Waals surface area contributed by atoms with Crippen LogP contribution < -0.4 is 5.73 Å². The van der Waals surface area contributed by atoms with Gasteiger partial charge in [0.2, 0.25) is 10.0 Å². The number of rotatable bonds is 3. The van der Waals surface area contributed by atoms with Crippen molar-refractivity contribution in [2.24, 2.45) is 17.6 Å². The van der Waals surface area contributed by atoms with E-state index in [4.69, 9.17) is 10.5 Å². The lowest BCUT2D eigenvalue weighted by molar-refractivity contribution is 0.0600. The highest BCUT2D eigenvalue weighted by atomic mass is 35.5. The number of hydrogen-bond acceptors (Lipinski definition) is 5. The number of ether oxygens (including phenoxy) is 1. The van der Waals surface area contributed by atoms with Gasteiger partial charge >= 0.3 is 5.97 Å². The third kappa shape index (κ3) is 3.18. The number of esters is 1. The summed E-state index contributed by atoms with van der Waals surface area (Å²) in [5, 5.41) is 0. The van der Waals surface area contributed by atoms with Crippen LogP contribution in [-0.2, 0) is 14.8 Å². The molecule has 1 saturated carbocycles. The molecule has 1 aromatic rings. The fourth-order valence-corrected chi connectivity index (χ4v) is 5.37. The van der Waals surface area contributed by atoms with Gasteiger partial charge in [-0.05, 0) is 55.4 Å². The van der Waals surface area contributed by atoms with E-state index in [2.05, 4.69) is 0 Å². The van der Waals surface area contributed by atoms with E-state index in [-0.39, 0.29) is 29.3 Å². The number of fused-ring (bicyclic) bond motifs is 1. The second kappa shape index (κ2) is 7.00. The number of benzene rings is 1. The maximum atomic E-state index is 12.8. The molecule has 1 heterocycles. The molecule has 3 rings (SSSR count). The van der Waals surface area contributed by atoms with Crippen LogP contribution in [0.5, 0.6) is 0 Å². The number of nitrogens with two attached hydrogens (primary N) is 1. The molecule has 0 amide bonds. The molecular weight excluding hydrogens is 352 g/mol. The van der Waals surface area contributed by atoms with E-state index in [9.17, 15) is 13.2 Å². The number of hydrogen-bond donors (Lipinski definition) is 1. The maximum absolute atomic E-state index is 12.8. The van der Waals surface area contributed by atoms with Crippen molar-refractivity contribution in [3.8, 4) is 0 Å². The van der Waals surface area contributed by atoms with Gasteiger partial charge in [0.05, 0.1) is 17.6 Å². The molecule has 24 heavy (non-hydrogen) atoms. The highest BCUT2D eigenvalue weighted by molar-refractivity contribution is 7.89. The molecule has 0 bridgehead atoms. The Morgan fingerprint density at radius 2 is 2.00 bits per heavy atom. The topological polar surface area (TPSA) is 89.7 Å². The molecule has 2 N–H and O–H groups in total. The number of carbonyl (C=O) groups excluding carboxylic acids is 1. The third-order valence-corrected chi connectivity index (χ3v) is 6.95. The summed E-state index contributed by atoms with van der Waals surface area (Å²) in [4.78, 5) is 11.8. The third-order valence-electron chi connectivity index (χ3n) is 5.12. The quantitative estimate of drug-likeness (QED) is 0.811. The SMILES string of the molecule is COC(=O)c1ccc(S(=O)(=O)N2CC3CCC(N)C3C2)cc1C.Cl. The van der Waals surface area contributed by atoms with Gasteiger partial charge in [-0.3, -0.25) is 0 Å². The van der Waals surface area contributed by atoms with Crippen molar-refractivity contribution in [2.45, 2.75) is 30.7 Å². The van der Waals surface area contributed by atoms with Crippen LogP contribution in [0, 0.1) is 18.8 Å². The Balaban J connectivity index is 0.00000208. The minimum Gasteiger partial charge on any atom is -0.465 e. The van der Waals surface area contributed by atoms with Crippen molar-refractivity contribution in [1.82, 2.24) is 4.31 Å². The predicted octanol–water partition coefficient (Wildman–Crippen LogP) is 1.56. The lowest BCUT2D eigenvalue weighted by Crippen LogP contribution is -2.33. The van der Waals surface area contributed by atoms with Gasteiger partial charge in [0.15, 0.2) is 0 Å². The van der Waals surface area contributed by atoms with E-state index in [0.29, 0.717) is 30.1 Å². The molecular formula is C16H23ClN2O4S. The number of aryl methyl sites for hydroxylation is 1. The normalized spacial score (nSPS) is 26.7. The zero-order chi connectivity index (χ0) is 16.8. The Kier molecular flexibility index (Phi) is 5.59. The number of methoxy groups -OCH3 is 1. The van der Waals surface area contributed by atoms with Gasteiger partial charge in [-0.2, -0.15) is 4.31 Å². The van der Waals surface area contributed by atoms with E-state index in [1.165, 1.54) is 29.6 Å².